The zero-order valence-corrected chi connectivity index (χ0v) is 17.2. The molecule has 6 aromatic rings. The number of rotatable bonds is 1. The zero-order chi connectivity index (χ0) is 21.4. The number of aromatic nitrogens is 2. The Morgan fingerprint density at radius 1 is 0.688 bits per heavy atom. The van der Waals surface area contributed by atoms with Crippen molar-refractivity contribution >= 4 is 61.7 Å². The quantitative estimate of drug-likeness (QED) is 0.256. The molecule has 4 aromatic carbocycles. The van der Waals surface area contributed by atoms with E-state index in [4.69, 9.17) is 14.3 Å². The molecular formula is C27H17BN2O2. The second-order valence-electron chi connectivity index (χ2n) is 8.12. The van der Waals surface area contributed by atoms with Crippen molar-refractivity contribution < 1.29 is 9.31 Å². The molecule has 0 saturated carbocycles. The number of hydrogen-bond donors (Lipinski definition) is 0. The minimum Gasteiger partial charge on any atom is -0.520 e. The fraction of sp³-hybridized carbons (Fsp3) is 0. The molecule has 0 bridgehead atoms. The van der Waals surface area contributed by atoms with Crippen LogP contribution in [-0.4, -0.2) is 16.5 Å². The average Bonchev–Trinajstić information content (AvgIpc) is 3.38. The highest BCUT2D eigenvalue weighted by molar-refractivity contribution is 6.66. The van der Waals surface area contributed by atoms with E-state index in [9.17, 15) is 0 Å². The predicted octanol–water partition coefficient (Wildman–Crippen LogP) is 5.72. The minimum absolute atomic E-state index is 0.471. The highest BCUT2D eigenvalue weighted by Gasteiger charge is 2.36. The number of fused-ring (bicyclic) bond motifs is 10. The van der Waals surface area contributed by atoms with Crippen LogP contribution in [0.2, 0.25) is 0 Å². The molecule has 1 fully saturated rings. The van der Waals surface area contributed by atoms with Gasteiger partial charge in [-0.15, -0.1) is 0 Å². The van der Waals surface area contributed by atoms with E-state index in [2.05, 4.69) is 84.3 Å². The van der Waals surface area contributed by atoms with Crippen LogP contribution in [0.5, 0.6) is 0 Å². The minimum atomic E-state index is -0.571. The molecule has 1 aliphatic rings. The lowest BCUT2D eigenvalue weighted by atomic mass is 9.75. The average molecular weight is 412 g/mol. The third-order valence-corrected chi connectivity index (χ3v) is 6.36. The second-order valence-corrected chi connectivity index (χ2v) is 8.12. The predicted molar refractivity (Wildman–Crippen MR) is 131 cm³/mol. The summed E-state index contributed by atoms with van der Waals surface area (Å²) in [6.45, 7) is 7.82. The van der Waals surface area contributed by atoms with E-state index in [-0.39, 0.29) is 0 Å². The first-order valence-electron chi connectivity index (χ1n) is 10.6. The van der Waals surface area contributed by atoms with Gasteiger partial charge in [-0.2, -0.15) is 0 Å². The van der Waals surface area contributed by atoms with Gasteiger partial charge in [-0.05, 0) is 34.4 Å². The first-order valence-corrected chi connectivity index (χ1v) is 10.6. The second kappa shape index (κ2) is 6.14. The maximum atomic E-state index is 5.93. The summed E-state index contributed by atoms with van der Waals surface area (Å²) in [7, 11) is -0.571. The fourth-order valence-electron chi connectivity index (χ4n) is 4.93. The van der Waals surface area contributed by atoms with Crippen molar-refractivity contribution in [1.29, 1.82) is 0 Å². The zero-order valence-electron chi connectivity index (χ0n) is 17.2. The van der Waals surface area contributed by atoms with E-state index >= 15 is 0 Å². The number of para-hydroxylation sites is 3. The lowest BCUT2D eigenvalue weighted by Crippen LogP contribution is -2.32. The molecule has 7 rings (SSSR count). The monoisotopic (exact) mass is 412 g/mol. The van der Waals surface area contributed by atoms with E-state index in [1.165, 1.54) is 0 Å². The highest BCUT2D eigenvalue weighted by atomic mass is 16.6. The first kappa shape index (κ1) is 17.4. The van der Waals surface area contributed by atoms with Gasteiger partial charge in [-0.1, -0.05) is 73.8 Å². The largest absolute Gasteiger partial charge is 0.633 e. The summed E-state index contributed by atoms with van der Waals surface area (Å²) in [6.07, 6.45) is 0. The Labute approximate surface area is 184 Å². The molecule has 0 unspecified atom stereocenters. The van der Waals surface area contributed by atoms with Crippen LogP contribution in [0.25, 0.3) is 49.1 Å². The van der Waals surface area contributed by atoms with E-state index in [1.807, 2.05) is 12.1 Å². The third kappa shape index (κ3) is 2.20. The molecule has 5 heteroatoms. The molecule has 0 radical (unpaired) electrons. The molecule has 0 aliphatic carbocycles. The molecule has 0 spiro atoms. The van der Waals surface area contributed by atoms with Crippen molar-refractivity contribution in [3.63, 3.8) is 0 Å². The molecule has 2 aromatic heterocycles. The molecule has 150 valence electrons. The van der Waals surface area contributed by atoms with Gasteiger partial charge in [0.25, 0.3) is 0 Å². The molecule has 0 N–H and O–H groups in total. The van der Waals surface area contributed by atoms with Crippen LogP contribution in [0.4, 0.5) is 0 Å². The first-order chi connectivity index (χ1) is 15.7. The van der Waals surface area contributed by atoms with Gasteiger partial charge < -0.3 is 9.31 Å². The van der Waals surface area contributed by atoms with E-state index in [0.29, 0.717) is 11.5 Å². The number of benzene rings is 4. The summed E-state index contributed by atoms with van der Waals surface area (Å²) in [5, 5.41) is 5.57. The number of nitrogens with zero attached hydrogens (tertiary/aromatic N) is 2. The van der Waals surface area contributed by atoms with Gasteiger partial charge in [-0.3, -0.25) is 4.40 Å². The van der Waals surface area contributed by atoms with Gasteiger partial charge in [0.05, 0.1) is 16.6 Å². The Morgan fingerprint density at radius 2 is 1.31 bits per heavy atom. The molecule has 1 aliphatic heterocycles. The van der Waals surface area contributed by atoms with Crippen LogP contribution < -0.4 is 5.46 Å². The fourth-order valence-corrected chi connectivity index (χ4v) is 4.93. The number of hydrogen-bond acceptors (Lipinski definition) is 3. The maximum absolute atomic E-state index is 5.93. The Hall–Kier alpha value is -4.25. The highest BCUT2D eigenvalue weighted by Crippen LogP contribution is 2.36. The lowest BCUT2D eigenvalue weighted by Gasteiger charge is -2.15. The molecule has 1 saturated heterocycles. The number of pyridine rings is 1. The molecule has 0 atom stereocenters. The van der Waals surface area contributed by atoms with Crippen LogP contribution in [-0.2, 0) is 9.31 Å². The Bertz CT molecular complexity index is 1770. The van der Waals surface area contributed by atoms with Crippen molar-refractivity contribution in [3.8, 4) is 0 Å². The molecular weight excluding hydrogens is 395 g/mol. The number of imidazole rings is 1. The summed E-state index contributed by atoms with van der Waals surface area (Å²) in [5.74, 6) is 0.943. The Kier molecular flexibility index (Phi) is 3.35. The summed E-state index contributed by atoms with van der Waals surface area (Å²) in [4.78, 5) is 5.07. The van der Waals surface area contributed by atoms with E-state index < -0.39 is 7.12 Å². The molecule has 4 nitrogen and oxygen atoms in total. The van der Waals surface area contributed by atoms with Gasteiger partial charge in [0, 0.05) is 16.2 Å². The van der Waals surface area contributed by atoms with Gasteiger partial charge in [0.1, 0.15) is 17.2 Å². The smallest absolute Gasteiger partial charge is 0.520 e. The van der Waals surface area contributed by atoms with E-state index in [0.717, 1.165) is 54.6 Å². The lowest BCUT2D eigenvalue weighted by molar-refractivity contribution is 0.431. The van der Waals surface area contributed by atoms with E-state index in [1.54, 1.807) is 0 Å². The van der Waals surface area contributed by atoms with Gasteiger partial charge >= 0.3 is 7.12 Å². The van der Waals surface area contributed by atoms with Crippen molar-refractivity contribution in [1.82, 2.24) is 9.38 Å². The summed E-state index contributed by atoms with van der Waals surface area (Å²) < 4.78 is 14.1. The Balaban J connectivity index is 1.74. The Morgan fingerprint density at radius 3 is 2.09 bits per heavy atom. The van der Waals surface area contributed by atoms with Crippen molar-refractivity contribution in [2.75, 3.05) is 0 Å². The molecule has 3 heterocycles. The van der Waals surface area contributed by atoms with Crippen LogP contribution in [0.15, 0.2) is 104 Å². The molecule has 32 heavy (non-hydrogen) atoms. The molecule has 0 amide bonds. The van der Waals surface area contributed by atoms with Crippen molar-refractivity contribution in [2.45, 2.75) is 0 Å². The van der Waals surface area contributed by atoms with Gasteiger partial charge in [0.2, 0.25) is 0 Å². The van der Waals surface area contributed by atoms with Crippen LogP contribution in [0.1, 0.15) is 0 Å². The standard InChI is InChI=1S/C27H17BN2O2/c1-16-17(2)32-28(31-16)22-15-21-19-10-5-7-13-24(19)30-25-14-8-6-12-23(25)29-27(30)26(21)20-11-4-3-9-18(20)22/h3-15H,1-2H2. The van der Waals surface area contributed by atoms with Crippen LogP contribution >= 0.6 is 0 Å². The van der Waals surface area contributed by atoms with Crippen LogP contribution in [0.3, 0.4) is 0 Å². The third-order valence-electron chi connectivity index (χ3n) is 6.36. The van der Waals surface area contributed by atoms with Crippen LogP contribution in [0, 0.1) is 0 Å². The topological polar surface area (TPSA) is 35.8 Å². The van der Waals surface area contributed by atoms with Crippen molar-refractivity contribution in [2.24, 2.45) is 0 Å². The van der Waals surface area contributed by atoms with Crippen molar-refractivity contribution in [3.05, 3.63) is 104 Å². The maximum Gasteiger partial charge on any atom is 0.633 e. The summed E-state index contributed by atoms with van der Waals surface area (Å²) in [6, 6.07) is 27.3. The normalized spacial score (nSPS) is 14.2. The van der Waals surface area contributed by atoms with Gasteiger partial charge in [0.15, 0.2) is 0 Å². The van der Waals surface area contributed by atoms with Gasteiger partial charge in [-0.25, -0.2) is 4.98 Å². The SMILES string of the molecule is C=C1OB(c2cc3c4ccccc4n4c5ccccc5nc4c3c3ccccc23)OC1=C. The summed E-state index contributed by atoms with van der Waals surface area (Å²) >= 11 is 0. The summed E-state index contributed by atoms with van der Waals surface area (Å²) in [5.41, 5.74) is 5.10.